The molecule has 2 nitrogen and oxygen atoms in total. The van der Waals surface area contributed by atoms with Gasteiger partial charge in [0, 0.05) is 11.0 Å². The van der Waals surface area contributed by atoms with Crippen LogP contribution < -0.4 is 0 Å². The zero-order valence-corrected chi connectivity index (χ0v) is 9.12. The van der Waals surface area contributed by atoms with Crippen LogP contribution in [-0.4, -0.2) is 25.1 Å². The van der Waals surface area contributed by atoms with Gasteiger partial charge >= 0.3 is 0 Å². The molecule has 1 saturated heterocycles. The Hall–Kier alpha value is -0.380. The van der Waals surface area contributed by atoms with Gasteiger partial charge in [0.1, 0.15) is 6.23 Å². The number of ether oxygens (including phenoxy) is 1. The minimum Gasteiger partial charge on any atom is -0.358 e. The van der Waals surface area contributed by atoms with Gasteiger partial charge in [0.25, 0.3) is 0 Å². The normalized spacial score (nSPS) is 23.7. The van der Waals surface area contributed by atoms with Gasteiger partial charge in [-0.1, -0.05) is 28.1 Å². The lowest BCUT2D eigenvalue weighted by molar-refractivity contribution is 0.0454. The van der Waals surface area contributed by atoms with E-state index in [0.717, 1.165) is 17.6 Å². The number of halogens is 1. The lowest BCUT2D eigenvalue weighted by Crippen LogP contribution is -2.18. The van der Waals surface area contributed by atoms with Gasteiger partial charge in [-0.2, -0.15) is 0 Å². The van der Waals surface area contributed by atoms with Crippen molar-refractivity contribution in [2.75, 3.05) is 20.2 Å². The van der Waals surface area contributed by atoms with E-state index in [1.807, 2.05) is 12.1 Å². The van der Waals surface area contributed by atoms with E-state index in [0.29, 0.717) is 0 Å². The van der Waals surface area contributed by atoms with Gasteiger partial charge in [0.05, 0.1) is 6.61 Å². The maximum Gasteiger partial charge on any atom is 0.136 e. The number of benzene rings is 1. The molecule has 2 rings (SSSR count). The Labute approximate surface area is 86.6 Å². The Morgan fingerprint density at radius 2 is 2.08 bits per heavy atom. The Balaban J connectivity index is 2.20. The standard InChI is InChI=1S/C10H12BrNO/c1-12-6-7-13-10(12)8-2-4-9(11)5-3-8/h2-5,10H,6-7H2,1H3. The zero-order valence-electron chi connectivity index (χ0n) is 7.53. The summed E-state index contributed by atoms with van der Waals surface area (Å²) in [4.78, 5) is 2.21. The van der Waals surface area contributed by atoms with Gasteiger partial charge < -0.3 is 4.74 Å². The van der Waals surface area contributed by atoms with E-state index < -0.39 is 0 Å². The molecule has 1 aliphatic rings. The fourth-order valence-corrected chi connectivity index (χ4v) is 1.80. The molecule has 1 aliphatic heterocycles. The van der Waals surface area contributed by atoms with Crippen molar-refractivity contribution in [2.45, 2.75) is 6.23 Å². The first-order valence-electron chi connectivity index (χ1n) is 4.35. The highest BCUT2D eigenvalue weighted by molar-refractivity contribution is 9.10. The summed E-state index contributed by atoms with van der Waals surface area (Å²) < 4.78 is 6.71. The zero-order chi connectivity index (χ0) is 9.26. The summed E-state index contributed by atoms with van der Waals surface area (Å²) in [5.74, 6) is 0. The Bertz CT molecular complexity index is 285. The average Bonchev–Trinajstić information content (AvgIpc) is 2.53. The van der Waals surface area contributed by atoms with Gasteiger partial charge in [-0.25, -0.2) is 0 Å². The van der Waals surface area contributed by atoms with Crippen LogP contribution in [0.1, 0.15) is 11.8 Å². The molecule has 70 valence electrons. The molecule has 0 bridgehead atoms. The highest BCUT2D eigenvalue weighted by Crippen LogP contribution is 2.25. The van der Waals surface area contributed by atoms with E-state index in [9.17, 15) is 0 Å². The molecular formula is C10H12BrNO. The molecule has 1 atom stereocenters. The molecule has 0 aromatic heterocycles. The van der Waals surface area contributed by atoms with Crippen molar-refractivity contribution < 1.29 is 4.74 Å². The monoisotopic (exact) mass is 241 g/mol. The summed E-state index contributed by atoms with van der Waals surface area (Å²) in [7, 11) is 2.08. The highest BCUT2D eigenvalue weighted by atomic mass is 79.9. The molecule has 3 heteroatoms. The molecule has 1 heterocycles. The lowest BCUT2D eigenvalue weighted by Gasteiger charge is -2.17. The van der Waals surface area contributed by atoms with Crippen molar-refractivity contribution >= 4 is 15.9 Å². The van der Waals surface area contributed by atoms with Crippen molar-refractivity contribution in [2.24, 2.45) is 0 Å². The van der Waals surface area contributed by atoms with Crippen LogP contribution in [0.15, 0.2) is 28.7 Å². The number of rotatable bonds is 1. The fourth-order valence-electron chi connectivity index (χ4n) is 1.53. The Kier molecular flexibility index (Phi) is 2.67. The number of hydrogen-bond acceptors (Lipinski definition) is 2. The fraction of sp³-hybridized carbons (Fsp3) is 0.400. The smallest absolute Gasteiger partial charge is 0.136 e. The highest BCUT2D eigenvalue weighted by Gasteiger charge is 2.22. The van der Waals surface area contributed by atoms with Crippen molar-refractivity contribution in [3.05, 3.63) is 34.3 Å². The Morgan fingerprint density at radius 1 is 1.38 bits per heavy atom. The first-order valence-corrected chi connectivity index (χ1v) is 5.14. The predicted molar refractivity (Wildman–Crippen MR) is 55.5 cm³/mol. The molecule has 0 radical (unpaired) electrons. The number of nitrogens with zero attached hydrogens (tertiary/aromatic N) is 1. The van der Waals surface area contributed by atoms with Crippen molar-refractivity contribution in [3.8, 4) is 0 Å². The Morgan fingerprint density at radius 3 is 2.62 bits per heavy atom. The lowest BCUT2D eigenvalue weighted by atomic mass is 10.2. The molecule has 0 aliphatic carbocycles. The van der Waals surface area contributed by atoms with Crippen LogP contribution in [0.25, 0.3) is 0 Å². The summed E-state index contributed by atoms with van der Waals surface area (Å²) in [6.45, 7) is 1.85. The second-order valence-electron chi connectivity index (χ2n) is 3.26. The molecule has 1 unspecified atom stereocenters. The summed E-state index contributed by atoms with van der Waals surface area (Å²) >= 11 is 3.41. The molecular weight excluding hydrogens is 230 g/mol. The third kappa shape index (κ3) is 1.93. The largest absolute Gasteiger partial charge is 0.358 e. The SMILES string of the molecule is CN1CCOC1c1ccc(Br)cc1. The number of hydrogen-bond donors (Lipinski definition) is 0. The van der Waals surface area contributed by atoms with Gasteiger partial charge in [-0.15, -0.1) is 0 Å². The third-order valence-electron chi connectivity index (χ3n) is 2.28. The van der Waals surface area contributed by atoms with Crippen LogP contribution in [0.3, 0.4) is 0 Å². The first-order chi connectivity index (χ1) is 6.27. The van der Waals surface area contributed by atoms with Gasteiger partial charge in [0.2, 0.25) is 0 Å². The van der Waals surface area contributed by atoms with Crippen LogP contribution in [-0.2, 0) is 4.74 Å². The minimum atomic E-state index is 0.146. The van der Waals surface area contributed by atoms with Gasteiger partial charge in [-0.05, 0) is 24.7 Å². The second kappa shape index (κ2) is 3.78. The van der Waals surface area contributed by atoms with Crippen LogP contribution in [0.4, 0.5) is 0 Å². The molecule has 0 saturated carbocycles. The molecule has 0 spiro atoms. The minimum absolute atomic E-state index is 0.146. The molecule has 0 amide bonds. The molecule has 13 heavy (non-hydrogen) atoms. The number of likely N-dealkylation sites (N-methyl/N-ethyl adjacent to an activating group) is 1. The second-order valence-corrected chi connectivity index (χ2v) is 4.17. The van der Waals surface area contributed by atoms with E-state index in [1.54, 1.807) is 0 Å². The van der Waals surface area contributed by atoms with E-state index in [2.05, 4.69) is 40.0 Å². The van der Waals surface area contributed by atoms with Crippen molar-refractivity contribution in [1.82, 2.24) is 4.90 Å². The summed E-state index contributed by atoms with van der Waals surface area (Å²) in [6, 6.07) is 8.28. The van der Waals surface area contributed by atoms with Crippen LogP contribution in [0.5, 0.6) is 0 Å². The van der Waals surface area contributed by atoms with Crippen LogP contribution in [0, 0.1) is 0 Å². The molecule has 1 aromatic carbocycles. The summed E-state index contributed by atoms with van der Waals surface area (Å²) in [5.41, 5.74) is 1.23. The topological polar surface area (TPSA) is 12.5 Å². The molecule has 0 N–H and O–H groups in total. The van der Waals surface area contributed by atoms with E-state index >= 15 is 0 Å². The molecule has 1 fully saturated rings. The summed E-state index contributed by atoms with van der Waals surface area (Å²) in [5, 5.41) is 0. The van der Waals surface area contributed by atoms with E-state index in [4.69, 9.17) is 4.74 Å². The maximum atomic E-state index is 5.60. The first kappa shape index (κ1) is 9.19. The average molecular weight is 242 g/mol. The van der Waals surface area contributed by atoms with E-state index in [-0.39, 0.29) is 6.23 Å². The van der Waals surface area contributed by atoms with E-state index in [1.165, 1.54) is 5.56 Å². The van der Waals surface area contributed by atoms with Gasteiger partial charge in [0.15, 0.2) is 0 Å². The summed E-state index contributed by atoms with van der Waals surface area (Å²) in [6.07, 6.45) is 0.146. The maximum absolute atomic E-state index is 5.60. The van der Waals surface area contributed by atoms with Crippen LogP contribution in [0.2, 0.25) is 0 Å². The van der Waals surface area contributed by atoms with Crippen molar-refractivity contribution in [3.63, 3.8) is 0 Å². The molecule has 1 aromatic rings. The predicted octanol–water partition coefficient (Wildman–Crippen LogP) is 2.41. The quantitative estimate of drug-likeness (QED) is 0.749. The van der Waals surface area contributed by atoms with Gasteiger partial charge in [-0.3, -0.25) is 4.90 Å². The van der Waals surface area contributed by atoms with Crippen LogP contribution >= 0.6 is 15.9 Å². The third-order valence-corrected chi connectivity index (χ3v) is 2.80. The van der Waals surface area contributed by atoms with Crippen molar-refractivity contribution in [1.29, 1.82) is 0 Å².